The van der Waals surface area contributed by atoms with Gasteiger partial charge in [0.15, 0.2) is 0 Å². The van der Waals surface area contributed by atoms with Crippen molar-refractivity contribution >= 4 is 11.8 Å². The van der Waals surface area contributed by atoms with E-state index in [4.69, 9.17) is 5.11 Å². The molecular weight excluding hydrogens is 300 g/mol. The van der Waals surface area contributed by atoms with E-state index in [-0.39, 0.29) is 5.69 Å². The maximum atomic E-state index is 11.1. The summed E-state index contributed by atoms with van der Waals surface area (Å²) in [6.45, 7) is 3.62. The molecule has 1 heterocycles. The molecule has 0 bridgehead atoms. The minimum atomic E-state index is -1.14. The van der Waals surface area contributed by atoms with E-state index in [0.717, 1.165) is 0 Å². The van der Waals surface area contributed by atoms with Gasteiger partial charge in [-0.25, -0.2) is 4.79 Å². The number of aromatic nitrogens is 2. The van der Waals surface area contributed by atoms with E-state index in [2.05, 4.69) is 17.0 Å². The summed E-state index contributed by atoms with van der Waals surface area (Å²) in [4.78, 5) is 21.5. The summed E-state index contributed by atoms with van der Waals surface area (Å²) in [6, 6.07) is 6.45. The first-order chi connectivity index (χ1) is 10.9. The van der Waals surface area contributed by atoms with Crippen molar-refractivity contribution in [2.75, 3.05) is 0 Å². The van der Waals surface area contributed by atoms with Crippen molar-refractivity contribution in [1.82, 2.24) is 15.1 Å². The van der Waals surface area contributed by atoms with E-state index in [0.29, 0.717) is 23.2 Å². The molecule has 0 fully saturated rings. The lowest BCUT2D eigenvalue weighted by Gasteiger charge is -2.16. The Hall–Kier alpha value is -3.16. The summed E-state index contributed by atoms with van der Waals surface area (Å²) in [6.07, 6.45) is 2.07. The quantitative estimate of drug-likeness (QED) is 0.483. The summed E-state index contributed by atoms with van der Waals surface area (Å²) < 4.78 is 1.42. The third-order valence-electron chi connectivity index (χ3n) is 3.38. The first kappa shape index (κ1) is 16.2. The van der Waals surface area contributed by atoms with Gasteiger partial charge in [0.05, 0.1) is 11.0 Å². The number of amides is 1. The van der Waals surface area contributed by atoms with Crippen LogP contribution in [-0.4, -0.2) is 25.9 Å². The van der Waals surface area contributed by atoms with E-state index in [1.54, 1.807) is 37.4 Å². The predicted molar refractivity (Wildman–Crippen MR) is 84.0 cm³/mol. The molecule has 0 aliphatic rings. The summed E-state index contributed by atoms with van der Waals surface area (Å²) in [5.74, 6) is 0. The molecule has 120 valence electrons. The Labute approximate surface area is 132 Å². The predicted octanol–water partition coefficient (Wildman–Crippen LogP) is 2.88. The van der Waals surface area contributed by atoms with Crippen LogP contribution in [-0.2, 0) is 7.05 Å². The average molecular weight is 316 g/mol. The maximum Gasteiger partial charge on any atom is 0.405 e. The lowest BCUT2D eigenvalue weighted by Crippen LogP contribution is -2.26. The van der Waals surface area contributed by atoms with Crippen LogP contribution in [0.2, 0.25) is 0 Å². The number of hydrogen-bond donors (Lipinski definition) is 2. The Bertz CT molecular complexity index is 754. The largest absolute Gasteiger partial charge is 0.465 e. The normalized spacial score (nSPS) is 11.7. The lowest BCUT2D eigenvalue weighted by molar-refractivity contribution is -0.384. The molecule has 0 aliphatic heterocycles. The van der Waals surface area contributed by atoms with Gasteiger partial charge in [0.25, 0.3) is 0 Å². The molecule has 0 spiro atoms. The number of nitro groups is 1. The summed E-state index contributed by atoms with van der Waals surface area (Å²) in [5.41, 5.74) is 1.55. The third kappa shape index (κ3) is 3.54. The standard InChI is InChI=1S/C15H16N4O4/c1-3-5-12(17-15(20)21)10-6-4-7-11(8-10)14-13(19(22)23)9-16-18(14)2/h3-4,6-9,12,17H,1,5H2,2H3,(H,20,21). The van der Waals surface area contributed by atoms with Crippen molar-refractivity contribution in [2.24, 2.45) is 7.05 Å². The van der Waals surface area contributed by atoms with Crippen molar-refractivity contribution in [3.8, 4) is 11.3 Å². The zero-order valence-corrected chi connectivity index (χ0v) is 12.5. The highest BCUT2D eigenvalue weighted by molar-refractivity contribution is 5.70. The van der Waals surface area contributed by atoms with Crippen LogP contribution in [0.5, 0.6) is 0 Å². The Morgan fingerprint density at radius 2 is 2.35 bits per heavy atom. The number of carbonyl (C=O) groups is 1. The smallest absolute Gasteiger partial charge is 0.405 e. The van der Waals surface area contributed by atoms with Crippen molar-refractivity contribution in [3.05, 3.63) is 58.8 Å². The molecule has 1 aromatic heterocycles. The second kappa shape index (κ2) is 6.73. The molecule has 1 unspecified atom stereocenters. The molecule has 0 radical (unpaired) electrons. The molecule has 1 amide bonds. The van der Waals surface area contributed by atoms with Gasteiger partial charge in [-0.05, 0) is 18.1 Å². The minimum absolute atomic E-state index is 0.101. The monoisotopic (exact) mass is 316 g/mol. The fourth-order valence-corrected chi connectivity index (χ4v) is 2.39. The molecule has 1 atom stereocenters. The fourth-order valence-electron chi connectivity index (χ4n) is 2.39. The maximum absolute atomic E-state index is 11.1. The van der Waals surface area contributed by atoms with Crippen LogP contribution in [0, 0.1) is 10.1 Å². The molecule has 8 nitrogen and oxygen atoms in total. The Balaban J connectivity index is 2.47. The zero-order valence-electron chi connectivity index (χ0n) is 12.5. The Morgan fingerprint density at radius 1 is 1.61 bits per heavy atom. The van der Waals surface area contributed by atoms with Crippen molar-refractivity contribution < 1.29 is 14.8 Å². The molecule has 0 saturated heterocycles. The van der Waals surface area contributed by atoms with Crippen LogP contribution < -0.4 is 5.32 Å². The highest BCUT2D eigenvalue weighted by Crippen LogP contribution is 2.31. The van der Waals surface area contributed by atoms with Gasteiger partial charge in [0, 0.05) is 12.6 Å². The zero-order chi connectivity index (χ0) is 17.0. The summed E-state index contributed by atoms with van der Waals surface area (Å²) >= 11 is 0. The number of rotatable bonds is 6. The van der Waals surface area contributed by atoms with Gasteiger partial charge >= 0.3 is 11.8 Å². The number of aryl methyl sites for hydroxylation is 1. The van der Waals surface area contributed by atoms with Crippen LogP contribution in [0.3, 0.4) is 0 Å². The number of nitrogens with one attached hydrogen (secondary N) is 1. The van der Waals surface area contributed by atoms with E-state index in [1.807, 2.05) is 0 Å². The fraction of sp³-hybridized carbons (Fsp3) is 0.200. The molecule has 1 aromatic carbocycles. The highest BCUT2D eigenvalue weighted by atomic mass is 16.6. The molecule has 8 heteroatoms. The first-order valence-electron chi connectivity index (χ1n) is 6.81. The van der Waals surface area contributed by atoms with E-state index in [9.17, 15) is 14.9 Å². The molecule has 0 aliphatic carbocycles. The highest BCUT2D eigenvalue weighted by Gasteiger charge is 2.21. The van der Waals surface area contributed by atoms with E-state index >= 15 is 0 Å². The molecule has 0 saturated carbocycles. The van der Waals surface area contributed by atoms with Crippen LogP contribution in [0.25, 0.3) is 11.3 Å². The SMILES string of the molecule is C=CCC(NC(=O)O)c1cccc(-c2c([N+](=O)[O-])cnn2C)c1. The van der Waals surface area contributed by atoms with Gasteiger partial charge in [0.1, 0.15) is 11.9 Å². The van der Waals surface area contributed by atoms with Gasteiger partial charge in [0.2, 0.25) is 0 Å². The first-order valence-corrected chi connectivity index (χ1v) is 6.81. The third-order valence-corrected chi connectivity index (χ3v) is 3.38. The second-order valence-corrected chi connectivity index (χ2v) is 4.91. The lowest BCUT2D eigenvalue weighted by atomic mass is 10.00. The van der Waals surface area contributed by atoms with Gasteiger partial charge < -0.3 is 10.4 Å². The van der Waals surface area contributed by atoms with Crippen LogP contribution in [0.4, 0.5) is 10.5 Å². The van der Waals surface area contributed by atoms with Crippen molar-refractivity contribution in [1.29, 1.82) is 0 Å². The summed E-state index contributed by atoms with van der Waals surface area (Å²) in [7, 11) is 1.62. The van der Waals surface area contributed by atoms with Crippen LogP contribution >= 0.6 is 0 Å². The molecule has 2 rings (SSSR count). The molecule has 2 aromatic rings. The van der Waals surface area contributed by atoms with Crippen LogP contribution in [0.15, 0.2) is 43.1 Å². The number of benzene rings is 1. The topological polar surface area (TPSA) is 110 Å². The molecular formula is C15H16N4O4. The van der Waals surface area contributed by atoms with Gasteiger partial charge in [-0.2, -0.15) is 5.10 Å². The summed E-state index contributed by atoms with van der Waals surface area (Å²) in [5, 5.41) is 26.4. The minimum Gasteiger partial charge on any atom is -0.465 e. The Kier molecular flexibility index (Phi) is 4.75. The number of hydrogen-bond acceptors (Lipinski definition) is 4. The average Bonchev–Trinajstić information content (AvgIpc) is 2.88. The van der Waals surface area contributed by atoms with Gasteiger partial charge in [-0.3, -0.25) is 14.8 Å². The second-order valence-electron chi connectivity index (χ2n) is 4.91. The number of carboxylic acid groups (broad SMARTS) is 1. The molecule has 2 N–H and O–H groups in total. The number of nitrogens with zero attached hydrogens (tertiary/aromatic N) is 3. The van der Waals surface area contributed by atoms with Gasteiger partial charge in [-0.1, -0.05) is 24.3 Å². The van der Waals surface area contributed by atoms with Gasteiger partial charge in [-0.15, -0.1) is 6.58 Å². The van der Waals surface area contributed by atoms with E-state index in [1.165, 1.54) is 10.9 Å². The van der Waals surface area contributed by atoms with Crippen molar-refractivity contribution in [2.45, 2.75) is 12.5 Å². The van der Waals surface area contributed by atoms with Crippen molar-refractivity contribution in [3.63, 3.8) is 0 Å². The van der Waals surface area contributed by atoms with Crippen LogP contribution in [0.1, 0.15) is 18.0 Å². The molecule has 23 heavy (non-hydrogen) atoms. The van der Waals surface area contributed by atoms with E-state index < -0.39 is 17.1 Å². The Morgan fingerprint density at radius 3 is 2.96 bits per heavy atom.